The number of nitrogens with zero attached hydrogens (tertiary/aromatic N) is 5. The molecule has 0 aromatic carbocycles. The van der Waals surface area contributed by atoms with Crippen molar-refractivity contribution < 1.29 is 4.74 Å². The smallest absolute Gasteiger partial charge is 0.225 e. The highest BCUT2D eigenvalue weighted by atomic mass is 16.5. The SMILES string of the molecule is Cc1cccc(CN2CCC[C@]3(C[C@H](N(C)c4ncccn4)CO3)C2)n1. The summed E-state index contributed by atoms with van der Waals surface area (Å²) in [4.78, 5) is 18.1. The third-order valence-electron chi connectivity index (χ3n) is 5.55. The number of hydrogen-bond donors (Lipinski definition) is 0. The quantitative estimate of drug-likeness (QED) is 0.842. The summed E-state index contributed by atoms with van der Waals surface area (Å²) in [6, 6.07) is 8.44. The van der Waals surface area contributed by atoms with E-state index in [0.717, 1.165) is 56.4 Å². The Morgan fingerprint density at radius 3 is 2.92 bits per heavy atom. The zero-order valence-electron chi connectivity index (χ0n) is 15.6. The molecule has 0 bridgehead atoms. The molecule has 0 N–H and O–H groups in total. The Kier molecular flexibility index (Phi) is 4.87. The van der Waals surface area contributed by atoms with Gasteiger partial charge in [-0.3, -0.25) is 9.88 Å². The molecule has 0 aliphatic carbocycles. The van der Waals surface area contributed by atoms with Gasteiger partial charge in [-0.2, -0.15) is 0 Å². The van der Waals surface area contributed by atoms with Gasteiger partial charge in [-0.05, 0) is 44.5 Å². The Morgan fingerprint density at radius 1 is 1.27 bits per heavy atom. The van der Waals surface area contributed by atoms with Crippen LogP contribution in [0, 0.1) is 6.92 Å². The number of ether oxygens (including phenoxy) is 1. The lowest BCUT2D eigenvalue weighted by molar-refractivity contribution is -0.0535. The molecule has 26 heavy (non-hydrogen) atoms. The highest BCUT2D eigenvalue weighted by molar-refractivity contribution is 5.30. The van der Waals surface area contributed by atoms with E-state index in [2.05, 4.69) is 43.9 Å². The van der Waals surface area contributed by atoms with Crippen molar-refractivity contribution >= 4 is 5.95 Å². The standard InChI is InChI=1S/C20H27N5O/c1-16-6-3-7-17(23-16)13-25-11-4-8-20(15-25)12-18(14-26-20)24(2)19-21-9-5-10-22-19/h3,5-7,9-10,18H,4,8,11-15H2,1-2H3/t18-,20-/m0/s1. The third-order valence-corrected chi connectivity index (χ3v) is 5.55. The molecule has 0 unspecified atom stereocenters. The number of pyridine rings is 1. The summed E-state index contributed by atoms with van der Waals surface area (Å²) in [5, 5.41) is 0. The van der Waals surface area contributed by atoms with Crippen LogP contribution in [0.15, 0.2) is 36.7 Å². The summed E-state index contributed by atoms with van der Waals surface area (Å²) in [6.45, 7) is 5.78. The Morgan fingerprint density at radius 2 is 2.12 bits per heavy atom. The second kappa shape index (κ2) is 7.29. The van der Waals surface area contributed by atoms with Crippen molar-refractivity contribution in [1.82, 2.24) is 19.9 Å². The van der Waals surface area contributed by atoms with Crippen molar-refractivity contribution in [2.45, 2.75) is 44.4 Å². The van der Waals surface area contributed by atoms with E-state index in [9.17, 15) is 0 Å². The molecule has 2 saturated heterocycles. The van der Waals surface area contributed by atoms with E-state index >= 15 is 0 Å². The fourth-order valence-corrected chi connectivity index (χ4v) is 4.23. The molecule has 0 saturated carbocycles. The van der Waals surface area contributed by atoms with E-state index in [1.54, 1.807) is 12.4 Å². The first-order valence-corrected chi connectivity index (χ1v) is 9.42. The van der Waals surface area contributed by atoms with E-state index in [1.165, 1.54) is 6.42 Å². The van der Waals surface area contributed by atoms with E-state index in [-0.39, 0.29) is 5.60 Å². The summed E-state index contributed by atoms with van der Waals surface area (Å²) in [5.74, 6) is 0.773. The monoisotopic (exact) mass is 353 g/mol. The Labute approximate surface area is 155 Å². The lowest BCUT2D eigenvalue weighted by Crippen LogP contribution is -2.48. The molecule has 0 amide bonds. The zero-order chi connectivity index (χ0) is 18.0. The second-order valence-electron chi connectivity index (χ2n) is 7.60. The molecule has 0 radical (unpaired) electrons. The van der Waals surface area contributed by atoms with E-state index in [1.807, 2.05) is 19.1 Å². The number of piperidine rings is 1. The van der Waals surface area contributed by atoms with Crippen LogP contribution in [0.1, 0.15) is 30.7 Å². The number of likely N-dealkylation sites (tertiary alicyclic amines) is 1. The molecule has 6 nitrogen and oxygen atoms in total. The molecule has 2 aromatic heterocycles. The van der Waals surface area contributed by atoms with Crippen molar-refractivity contribution in [1.29, 1.82) is 0 Å². The van der Waals surface area contributed by atoms with Crippen molar-refractivity contribution in [2.75, 3.05) is 31.6 Å². The van der Waals surface area contributed by atoms with Crippen LogP contribution in [0.25, 0.3) is 0 Å². The maximum atomic E-state index is 6.37. The Bertz CT molecular complexity index is 740. The average Bonchev–Trinajstić information content (AvgIpc) is 3.05. The summed E-state index contributed by atoms with van der Waals surface area (Å²) in [6.07, 6.45) is 6.91. The van der Waals surface area contributed by atoms with Gasteiger partial charge in [-0.15, -0.1) is 0 Å². The first-order valence-electron chi connectivity index (χ1n) is 9.42. The van der Waals surface area contributed by atoms with Gasteiger partial charge in [0.05, 0.1) is 23.9 Å². The van der Waals surface area contributed by atoms with E-state index in [0.29, 0.717) is 6.04 Å². The largest absolute Gasteiger partial charge is 0.371 e. The zero-order valence-corrected chi connectivity index (χ0v) is 15.6. The lowest BCUT2D eigenvalue weighted by atomic mass is 9.88. The minimum absolute atomic E-state index is 0.0459. The van der Waals surface area contributed by atoms with Crippen molar-refractivity contribution in [3.05, 3.63) is 48.0 Å². The number of aromatic nitrogens is 3. The Balaban J connectivity index is 1.41. The molecule has 138 valence electrons. The minimum Gasteiger partial charge on any atom is -0.371 e. The maximum absolute atomic E-state index is 6.37. The van der Waals surface area contributed by atoms with Crippen LogP contribution >= 0.6 is 0 Å². The van der Waals surface area contributed by atoms with E-state index in [4.69, 9.17) is 4.74 Å². The molecule has 2 fully saturated rings. The molecule has 4 heterocycles. The van der Waals surface area contributed by atoms with Crippen LogP contribution < -0.4 is 4.90 Å². The van der Waals surface area contributed by atoms with Gasteiger partial charge in [0.1, 0.15) is 0 Å². The van der Waals surface area contributed by atoms with Crippen LogP contribution in [0.4, 0.5) is 5.95 Å². The normalized spacial score (nSPS) is 26.3. The predicted octanol–water partition coefficient (Wildman–Crippen LogP) is 2.44. The summed E-state index contributed by atoms with van der Waals surface area (Å²) >= 11 is 0. The maximum Gasteiger partial charge on any atom is 0.225 e. The van der Waals surface area contributed by atoms with Gasteiger partial charge in [0.25, 0.3) is 0 Å². The van der Waals surface area contributed by atoms with Crippen LogP contribution in [0.2, 0.25) is 0 Å². The summed E-state index contributed by atoms with van der Waals surface area (Å²) in [5.41, 5.74) is 2.18. The third kappa shape index (κ3) is 3.71. The number of likely N-dealkylation sites (N-methyl/N-ethyl adjacent to an activating group) is 1. The molecule has 2 aliphatic heterocycles. The molecular weight excluding hydrogens is 326 g/mol. The fraction of sp³-hybridized carbons (Fsp3) is 0.550. The van der Waals surface area contributed by atoms with Gasteiger partial charge in [-0.25, -0.2) is 9.97 Å². The molecular formula is C20H27N5O. The summed E-state index contributed by atoms with van der Waals surface area (Å²) < 4.78 is 6.37. The van der Waals surface area contributed by atoms with Crippen LogP contribution in [-0.4, -0.2) is 58.2 Å². The van der Waals surface area contributed by atoms with Gasteiger partial charge >= 0.3 is 0 Å². The highest BCUT2D eigenvalue weighted by Crippen LogP contribution is 2.37. The van der Waals surface area contributed by atoms with Gasteiger partial charge in [-0.1, -0.05) is 6.07 Å². The number of aryl methyl sites for hydroxylation is 1. The molecule has 2 atom stereocenters. The molecule has 1 spiro atoms. The average molecular weight is 353 g/mol. The topological polar surface area (TPSA) is 54.4 Å². The van der Waals surface area contributed by atoms with Crippen LogP contribution in [0.5, 0.6) is 0 Å². The first-order chi connectivity index (χ1) is 12.6. The van der Waals surface area contributed by atoms with Gasteiger partial charge in [0.15, 0.2) is 0 Å². The van der Waals surface area contributed by atoms with Crippen molar-refractivity contribution in [3.8, 4) is 0 Å². The number of hydrogen-bond acceptors (Lipinski definition) is 6. The molecule has 2 aromatic rings. The first kappa shape index (κ1) is 17.4. The van der Waals surface area contributed by atoms with E-state index < -0.39 is 0 Å². The predicted molar refractivity (Wildman–Crippen MR) is 101 cm³/mol. The van der Waals surface area contributed by atoms with Crippen LogP contribution in [0.3, 0.4) is 0 Å². The van der Waals surface area contributed by atoms with Crippen molar-refractivity contribution in [3.63, 3.8) is 0 Å². The number of anilines is 1. The van der Waals surface area contributed by atoms with Gasteiger partial charge in [0.2, 0.25) is 5.95 Å². The molecule has 6 heteroatoms. The highest BCUT2D eigenvalue weighted by Gasteiger charge is 2.44. The summed E-state index contributed by atoms with van der Waals surface area (Å²) in [7, 11) is 2.07. The fourth-order valence-electron chi connectivity index (χ4n) is 4.23. The van der Waals surface area contributed by atoms with Crippen LogP contribution in [-0.2, 0) is 11.3 Å². The Hall–Kier alpha value is -2.05. The molecule has 4 rings (SSSR count). The van der Waals surface area contributed by atoms with Crippen molar-refractivity contribution in [2.24, 2.45) is 0 Å². The lowest BCUT2D eigenvalue weighted by Gasteiger charge is -2.40. The minimum atomic E-state index is -0.0459. The van der Waals surface area contributed by atoms with Gasteiger partial charge < -0.3 is 9.64 Å². The molecule has 2 aliphatic rings. The second-order valence-corrected chi connectivity index (χ2v) is 7.60. The number of rotatable bonds is 4. The van der Waals surface area contributed by atoms with Gasteiger partial charge in [0, 0.05) is 44.6 Å².